The molecule has 0 radical (unpaired) electrons. The smallest absolute Gasteiger partial charge is 0.262 e. The highest BCUT2D eigenvalue weighted by atomic mass is 16.2. The van der Waals surface area contributed by atoms with Gasteiger partial charge in [0.25, 0.3) is 11.8 Å². The Balaban J connectivity index is 1.82. The Labute approximate surface area is 140 Å². The second kappa shape index (κ2) is 4.81. The first-order valence-corrected chi connectivity index (χ1v) is 7.97. The normalized spacial score (nSPS) is 14.5. The van der Waals surface area contributed by atoms with E-state index in [2.05, 4.69) is 11.1 Å². The van der Waals surface area contributed by atoms with Crippen LogP contribution in [0.25, 0.3) is 10.9 Å². The van der Waals surface area contributed by atoms with Gasteiger partial charge < -0.3 is 4.98 Å². The number of nitrogens with zero attached hydrogens (tertiary/aromatic N) is 1. The molecule has 4 nitrogen and oxygen atoms in total. The lowest BCUT2D eigenvalue weighted by Gasteiger charge is -2.34. The molecule has 120 valence electrons. The van der Waals surface area contributed by atoms with E-state index in [1.54, 1.807) is 24.3 Å². The van der Waals surface area contributed by atoms with Gasteiger partial charge in [-0.05, 0) is 62.1 Å². The number of aryl methyl sites for hydroxylation is 1. The third-order valence-corrected chi connectivity index (χ3v) is 4.81. The first-order chi connectivity index (χ1) is 11.4. The molecule has 2 aromatic carbocycles. The van der Waals surface area contributed by atoms with Gasteiger partial charge in [0, 0.05) is 11.2 Å². The van der Waals surface area contributed by atoms with E-state index in [0.29, 0.717) is 11.1 Å². The van der Waals surface area contributed by atoms with Crippen LogP contribution in [0.3, 0.4) is 0 Å². The fraction of sp³-hybridized carbons (Fsp3) is 0.200. The summed E-state index contributed by atoms with van der Waals surface area (Å²) in [6.45, 7) is 5.83. The predicted molar refractivity (Wildman–Crippen MR) is 93.0 cm³/mol. The summed E-state index contributed by atoms with van der Waals surface area (Å²) in [4.78, 5) is 30.3. The van der Waals surface area contributed by atoms with Gasteiger partial charge in [-0.3, -0.25) is 14.5 Å². The highest BCUT2D eigenvalue weighted by Gasteiger charge is 2.44. The van der Waals surface area contributed by atoms with Crippen LogP contribution in [0.2, 0.25) is 0 Å². The number of H-pyrrole nitrogens is 1. The maximum absolute atomic E-state index is 12.8. The summed E-state index contributed by atoms with van der Waals surface area (Å²) in [5.74, 6) is -0.461. The van der Waals surface area contributed by atoms with E-state index in [-0.39, 0.29) is 11.8 Å². The fourth-order valence-corrected chi connectivity index (χ4v) is 3.48. The van der Waals surface area contributed by atoms with Crippen LogP contribution in [-0.4, -0.2) is 21.7 Å². The van der Waals surface area contributed by atoms with Crippen LogP contribution in [0, 0.1) is 6.92 Å². The lowest BCUT2D eigenvalue weighted by molar-refractivity contribution is 0.0475. The summed E-state index contributed by atoms with van der Waals surface area (Å²) in [6.07, 6.45) is 0. The average Bonchev–Trinajstić information content (AvgIpc) is 3.04. The molecule has 0 atom stereocenters. The summed E-state index contributed by atoms with van der Waals surface area (Å²) in [6, 6.07) is 15.1. The Bertz CT molecular complexity index is 963. The van der Waals surface area contributed by atoms with Crippen LogP contribution in [0.1, 0.15) is 45.8 Å². The Morgan fingerprint density at radius 2 is 1.54 bits per heavy atom. The molecule has 1 aliphatic rings. The topological polar surface area (TPSA) is 53.2 Å². The number of hydrogen-bond donors (Lipinski definition) is 1. The standard InChI is InChI=1S/C20H18N2O2/c1-12-10-13-11-14(8-9-17(13)21-12)20(2,3)22-18(23)15-6-4-5-7-16(15)19(22)24/h4-11,21H,1-3H3. The minimum Gasteiger partial charge on any atom is -0.359 e. The van der Waals surface area contributed by atoms with Crippen LogP contribution in [0.4, 0.5) is 0 Å². The maximum Gasteiger partial charge on any atom is 0.262 e. The van der Waals surface area contributed by atoms with Gasteiger partial charge in [0.2, 0.25) is 0 Å². The lowest BCUT2D eigenvalue weighted by Crippen LogP contribution is -2.45. The number of carbonyl (C=O) groups is 2. The van der Waals surface area contributed by atoms with Gasteiger partial charge in [-0.2, -0.15) is 0 Å². The second-order valence-corrected chi connectivity index (χ2v) is 6.80. The molecule has 0 unspecified atom stereocenters. The number of hydrogen-bond acceptors (Lipinski definition) is 2. The number of benzene rings is 2. The average molecular weight is 318 g/mol. The summed E-state index contributed by atoms with van der Waals surface area (Å²) < 4.78 is 0. The Morgan fingerprint density at radius 1 is 0.917 bits per heavy atom. The molecule has 3 aromatic rings. The number of carbonyl (C=O) groups excluding carboxylic acids is 2. The van der Waals surface area contributed by atoms with Crippen molar-refractivity contribution in [2.75, 3.05) is 0 Å². The highest BCUT2D eigenvalue weighted by molar-refractivity contribution is 6.21. The number of fused-ring (bicyclic) bond motifs is 2. The molecular weight excluding hydrogens is 300 g/mol. The zero-order valence-electron chi connectivity index (χ0n) is 13.9. The molecule has 0 bridgehead atoms. The molecule has 1 aliphatic heterocycles. The molecule has 2 amide bonds. The molecule has 1 aromatic heterocycles. The van der Waals surface area contributed by atoms with E-state index in [9.17, 15) is 9.59 Å². The minimum atomic E-state index is -0.730. The third-order valence-electron chi connectivity index (χ3n) is 4.81. The SMILES string of the molecule is Cc1cc2cc(C(C)(C)N3C(=O)c4ccccc4C3=O)ccc2[nH]1. The Morgan fingerprint density at radius 3 is 2.17 bits per heavy atom. The van der Waals surface area contributed by atoms with Crippen LogP contribution < -0.4 is 0 Å². The van der Waals surface area contributed by atoms with Crippen molar-refractivity contribution in [3.63, 3.8) is 0 Å². The summed E-state index contributed by atoms with van der Waals surface area (Å²) in [5, 5.41) is 1.08. The molecule has 0 saturated heterocycles. The van der Waals surface area contributed by atoms with Crippen LogP contribution in [-0.2, 0) is 5.54 Å². The van der Waals surface area contributed by atoms with E-state index >= 15 is 0 Å². The number of amides is 2. The van der Waals surface area contributed by atoms with E-state index in [0.717, 1.165) is 22.2 Å². The van der Waals surface area contributed by atoms with Gasteiger partial charge in [-0.25, -0.2) is 0 Å². The molecule has 1 N–H and O–H groups in total. The maximum atomic E-state index is 12.8. The fourth-order valence-electron chi connectivity index (χ4n) is 3.48. The molecule has 0 spiro atoms. The number of imide groups is 1. The van der Waals surface area contributed by atoms with Crippen molar-refractivity contribution >= 4 is 22.7 Å². The molecule has 0 saturated carbocycles. The summed E-state index contributed by atoms with van der Waals surface area (Å²) in [5.41, 5.74) is 3.30. The van der Waals surface area contributed by atoms with E-state index < -0.39 is 5.54 Å². The van der Waals surface area contributed by atoms with Crippen LogP contribution in [0.15, 0.2) is 48.5 Å². The molecule has 0 aliphatic carbocycles. The van der Waals surface area contributed by atoms with Gasteiger partial charge in [0.15, 0.2) is 0 Å². The van der Waals surface area contributed by atoms with Crippen LogP contribution >= 0.6 is 0 Å². The van der Waals surface area contributed by atoms with Crippen molar-refractivity contribution in [1.82, 2.24) is 9.88 Å². The van der Waals surface area contributed by atoms with Crippen molar-refractivity contribution < 1.29 is 9.59 Å². The molecule has 2 heterocycles. The first kappa shape index (κ1) is 14.7. The molecule has 4 heteroatoms. The zero-order valence-corrected chi connectivity index (χ0v) is 13.9. The lowest BCUT2D eigenvalue weighted by atomic mass is 9.91. The van der Waals surface area contributed by atoms with Crippen LogP contribution in [0.5, 0.6) is 0 Å². The summed E-state index contributed by atoms with van der Waals surface area (Å²) >= 11 is 0. The highest BCUT2D eigenvalue weighted by Crippen LogP contribution is 2.36. The number of rotatable bonds is 2. The Kier molecular flexibility index (Phi) is 2.94. The number of aromatic nitrogens is 1. The molecule has 0 fully saturated rings. The van der Waals surface area contributed by atoms with Gasteiger partial charge in [0.05, 0.1) is 16.7 Å². The van der Waals surface area contributed by atoms with Gasteiger partial charge in [-0.15, -0.1) is 0 Å². The van der Waals surface area contributed by atoms with Gasteiger partial charge in [0.1, 0.15) is 0 Å². The minimum absolute atomic E-state index is 0.231. The third kappa shape index (κ3) is 1.92. The largest absolute Gasteiger partial charge is 0.359 e. The van der Waals surface area contributed by atoms with E-state index in [1.165, 1.54) is 4.90 Å². The zero-order chi connectivity index (χ0) is 17.1. The monoisotopic (exact) mass is 318 g/mol. The molecule has 4 rings (SSSR count). The number of nitrogens with one attached hydrogen (secondary N) is 1. The quantitative estimate of drug-likeness (QED) is 0.726. The van der Waals surface area contributed by atoms with Crippen molar-refractivity contribution in [1.29, 1.82) is 0 Å². The number of aromatic amines is 1. The van der Waals surface area contributed by atoms with Gasteiger partial charge >= 0.3 is 0 Å². The first-order valence-electron chi connectivity index (χ1n) is 7.97. The Hall–Kier alpha value is -2.88. The predicted octanol–water partition coefficient (Wildman–Crippen LogP) is 4.01. The van der Waals surface area contributed by atoms with Crippen molar-refractivity contribution in [2.45, 2.75) is 26.3 Å². The van der Waals surface area contributed by atoms with Gasteiger partial charge in [-0.1, -0.05) is 18.2 Å². The molecular formula is C20H18N2O2. The van der Waals surface area contributed by atoms with Crippen molar-refractivity contribution in [3.05, 3.63) is 70.9 Å². The second-order valence-electron chi connectivity index (χ2n) is 6.80. The van der Waals surface area contributed by atoms with Crippen molar-refractivity contribution in [3.8, 4) is 0 Å². The molecule has 24 heavy (non-hydrogen) atoms. The summed E-state index contributed by atoms with van der Waals surface area (Å²) in [7, 11) is 0. The van der Waals surface area contributed by atoms with E-state index in [1.807, 2.05) is 39.0 Å². The van der Waals surface area contributed by atoms with Crippen molar-refractivity contribution in [2.24, 2.45) is 0 Å². The van der Waals surface area contributed by atoms with E-state index in [4.69, 9.17) is 0 Å².